The first-order chi connectivity index (χ1) is 18.7. The van der Waals surface area contributed by atoms with E-state index >= 15 is 0 Å². The molecule has 0 aliphatic heterocycles. The van der Waals surface area contributed by atoms with Crippen LogP contribution in [0.2, 0.25) is 0 Å². The van der Waals surface area contributed by atoms with Gasteiger partial charge in [-0.25, -0.2) is 14.1 Å². The molecule has 7 heteroatoms. The molecule has 0 radical (unpaired) electrons. The van der Waals surface area contributed by atoms with E-state index in [1.807, 2.05) is 66.9 Å². The van der Waals surface area contributed by atoms with Crippen LogP contribution >= 0.6 is 0 Å². The third-order valence-corrected chi connectivity index (χ3v) is 6.17. The predicted octanol–water partition coefficient (Wildman–Crippen LogP) is 6.77. The van der Waals surface area contributed by atoms with Crippen molar-refractivity contribution in [3.63, 3.8) is 0 Å². The number of benzene rings is 4. The van der Waals surface area contributed by atoms with E-state index in [0.29, 0.717) is 18.8 Å². The Morgan fingerprint density at radius 1 is 0.737 bits per heavy atom. The Labute approximate surface area is 219 Å². The Morgan fingerprint density at radius 2 is 1.42 bits per heavy atom. The van der Waals surface area contributed by atoms with Crippen LogP contribution in [0.1, 0.15) is 11.3 Å². The molecule has 0 aliphatic rings. The highest BCUT2D eigenvalue weighted by molar-refractivity contribution is 5.81. The lowest BCUT2D eigenvalue weighted by Crippen LogP contribution is -2.00. The van der Waals surface area contributed by atoms with Gasteiger partial charge >= 0.3 is 0 Å². The van der Waals surface area contributed by atoms with E-state index in [1.54, 1.807) is 16.8 Å². The number of halogens is 1. The normalized spacial score (nSPS) is 11.0. The van der Waals surface area contributed by atoms with Gasteiger partial charge in [0.05, 0.1) is 24.1 Å². The van der Waals surface area contributed by atoms with Gasteiger partial charge in [0.15, 0.2) is 0 Å². The van der Waals surface area contributed by atoms with Crippen molar-refractivity contribution in [3.05, 3.63) is 132 Å². The number of aromatic nitrogens is 5. The molecule has 0 bridgehead atoms. The molecule has 0 aliphatic carbocycles. The van der Waals surface area contributed by atoms with Crippen LogP contribution in [0, 0.1) is 5.82 Å². The first-order valence-electron chi connectivity index (χ1n) is 12.3. The molecule has 0 unspecified atom stereocenters. The summed E-state index contributed by atoms with van der Waals surface area (Å²) in [5.41, 5.74) is 6.65. The van der Waals surface area contributed by atoms with Crippen LogP contribution < -0.4 is 4.74 Å². The van der Waals surface area contributed by atoms with Gasteiger partial charge in [0, 0.05) is 16.7 Å². The zero-order chi connectivity index (χ0) is 25.7. The Morgan fingerprint density at radius 3 is 2.13 bits per heavy atom. The van der Waals surface area contributed by atoms with Crippen molar-refractivity contribution >= 4 is 0 Å². The van der Waals surface area contributed by atoms with Crippen molar-refractivity contribution in [2.24, 2.45) is 0 Å². The number of ether oxygens (including phenoxy) is 1. The maximum atomic E-state index is 13.1. The molecule has 2 heterocycles. The van der Waals surface area contributed by atoms with Gasteiger partial charge in [-0.05, 0) is 42.0 Å². The summed E-state index contributed by atoms with van der Waals surface area (Å²) >= 11 is 0. The Balaban J connectivity index is 1.16. The largest absolute Gasteiger partial charge is 0.487 e. The SMILES string of the molecule is Fc1ccc(Cn2cc(COc3ccc(-c4nc(-c5ccccc5)c(-c5ccccc5)[nH]4)cc3)nn2)cc1. The maximum absolute atomic E-state index is 13.1. The molecule has 0 spiro atoms. The first-order valence-corrected chi connectivity index (χ1v) is 12.3. The summed E-state index contributed by atoms with van der Waals surface area (Å²) in [6.07, 6.45) is 1.83. The average molecular weight is 502 g/mol. The van der Waals surface area contributed by atoms with Gasteiger partial charge in [-0.1, -0.05) is 78.0 Å². The standard InChI is InChI=1S/C31H24FN5O/c32-26-15-11-22(12-16-26)19-37-20-27(35-36-37)21-38-28-17-13-25(14-18-28)31-33-29(23-7-3-1-4-8-23)30(34-31)24-9-5-2-6-10-24/h1-18,20H,19,21H2,(H,33,34). The van der Waals surface area contributed by atoms with Crippen molar-refractivity contribution in [2.75, 3.05) is 0 Å². The smallest absolute Gasteiger partial charge is 0.138 e. The minimum Gasteiger partial charge on any atom is -0.487 e. The monoisotopic (exact) mass is 501 g/mol. The molecule has 186 valence electrons. The van der Waals surface area contributed by atoms with Crippen molar-refractivity contribution in [3.8, 4) is 39.7 Å². The van der Waals surface area contributed by atoms with Gasteiger partial charge in [0.1, 0.15) is 29.7 Å². The molecule has 4 aromatic carbocycles. The molecule has 0 atom stereocenters. The third-order valence-electron chi connectivity index (χ3n) is 6.17. The van der Waals surface area contributed by atoms with Crippen molar-refractivity contribution < 1.29 is 9.13 Å². The maximum Gasteiger partial charge on any atom is 0.138 e. The summed E-state index contributed by atoms with van der Waals surface area (Å²) < 4.78 is 20.8. The lowest BCUT2D eigenvalue weighted by atomic mass is 10.1. The zero-order valence-electron chi connectivity index (χ0n) is 20.5. The Hall–Kier alpha value is -5.04. The predicted molar refractivity (Wildman–Crippen MR) is 145 cm³/mol. The van der Waals surface area contributed by atoms with Gasteiger partial charge < -0.3 is 9.72 Å². The fourth-order valence-electron chi connectivity index (χ4n) is 4.25. The number of aromatic amines is 1. The minimum atomic E-state index is -0.257. The van der Waals surface area contributed by atoms with Crippen LogP contribution in [-0.2, 0) is 13.2 Å². The molecule has 1 N–H and O–H groups in total. The van der Waals surface area contributed by atoms with E-state index in [2.05, 4.69) is 39.6 Å². The first kappa shape index (κ1) is 23.4. The lowest BCUT2D eigenvalue weighted by molar-refractivity contribution is 0.301. The summed E-state index contributed by atoms with van der Waals surface area (Å²) in [5, 5.41) is 8.32. The van der Waals surface area contributed by atoms with Crippen LogP contribution in [0.25, 0.3) is 33.9 Å². The fourth-order valence-corrected chi connectivity index (χ4v) is 4.25. The summed E-state index contributed by atoms with van der Waals surface area (Å²) in [6.45, 7) is 0.806. The van der Waals surface area contributed by atoms with Crippen LogP contribution in [0.3, 0.4) is 0 Å². The topological polar surface area (TPSA) is 68.6 Å². The molecule has 6 aromatic rings. The zero-order valence-corrected chi connectivity index (χ0v) is 20.5. The van der Waals surface area contributed by atoms with Gasteiger partial charge in [0.2, 0.25) is 0 Å². The number of nitrogens with zero attached hydrogens (tertiary/aromatic N) is 4. The molecule has 6 rings (SSSR count). The van der Waals surface area contributed by atoms with Crippen LogP contribution in [-0.4, -0.2) is 25.0 Å². The summed E-state index contributed by atoms with van der Waals surface area (Å²) in [7, 11) is 0. The van der Waals surface area contributed by atoms with Gasteiger partial charge in [-0.15, -0.1) is 5.10 Å². The second-order valence-corrected chi connectivity index (χ2v) is 8.89. The second kappa shape index (κ2) is 10.5. The van der Waals surface area contributed by atoms with Crippen molar-refractivity contribution in [1.82, 2.24) is 25.0 Å². The van der Waals surface area contributed by atoms with Gasteiger partial charge in [-0.3, -0.25) is 0 Å². The van der Waals surface area contributed by atoms with Gasteiger partial charge in [0.25, 0.3) is 0 Å². The molecule has 0 saturated heterocycles. The third kappa shape index (κ3) is 5.22. The molecule has 2 aromatic heterocycles. The van der Waals surface area contributed by atoms with Crippen molar-refractivity contribution in [1.29, 1.82) is 0 Å². The quantitative estimate of drug-likeness (QED) is 0.250. The molecule has 0 amide bonds. The van der Waals surface area contributed by atoms with E-state index in [1.165, 1.54) is 12.1 Å². The number of nitrogens with one attached hydrogen (secondary N) is 1. The highest BCUT2D eigenvalue weighted by Crippen LogP contribution is 2.33. The number of hydrogen-bond acceptors (Lipinski definition) is 4. The summed E-state index contributed by atoms with van der Waals surface area (Å²) in [6, 6.07) is 34.6. The molecule has 0 fully saturated rings. The highest BCUT2D eigenvalue weighted by atomic mass is 19.1. The average Bonchev–Trinajstić information content (AvgIpc) is 3.62. The molecule has 38 heavy (non-hydrogen) atoms. The van der Waals surface area contributed by atoms with E-state index in [0.717, 1.165) is 45.2 Å². The summed E-state index contributed by atoms with van der Waals surface area (Å²) in [5.74, 6) is 1.26. The Bertz CT molecular complexity index is 1570. The fraction of sp³-hybridized carbons (Fsp3) is 0.0645. The van der Waals surface area contributed by atoms with E-state index in [4.69, 9.17) is 9.72 Å². The Kier molecular flexibility index (Phi) is 6.47. The number of imidazole rings is 1. The van der Waals surface area contributed by atoms with E-state index in [-0.39, 0.29) is 5.82 Å². The van der Waals surface area contributed by atoms with Crippen LogP contribution in [0.4, 0.5) is 4.39 Å². The van der Waals surface area contributed by atoms with Crippen molar-refractivity contribution in [2.45, 2.75) is 13.2 Å². The van der Waals surface area contributed by atoms with Crippen LogP contribution in [0.15, 0.2) is 115 Å². The second-order valence-electron chi connectivity index (χ2n) is 8.89. The molecule has 6 nitrogen and oxygen atoms in total. The number of H-pyrrole nitrogens is 1. The summed E-state index contributed by atoms with van der Waals surface area (Å²) in [4.78, 5) is 8.48. The van der Waals surface area contributed by atoms with E-state index < -0.39 is 0 Å². The molecular formula is C31H24FN5O. The molecule has 0 saturated carbocycles. The van der Waals surface area contributed by atoms with Gasteiger partial charge in [-0.2, -0.15) is 0 Å². The number of hydrogen-bond donors (Lipinski definition) is 1. The van der Waals surface area contributed by atoms with Crippen LogP contribution in [0.5, 0.6) is 5.75 Å². The minimum absolute atomic E-state index is 0.257. The molecular weight excluding hydrogens is 477 g/mol. The van der Waals surface area contributed by atoms with E-state index in [9.17, 15) is 4.39 Å². The lowest BCUT2D eigenvalue weighted by Gasteiger charge is -2.05. The number of rotatable bonds is 8. The highest BCUT2D eigenvalue weighted by Gasteiger charge is 2.15.